The van der Waals surface area contributed by atoms with Gasteiger partial charge in [-0.25, -0.2) is 0 Å². The van der Waals surface area contributed by atoms with Crippen LogP contribution in [0.5, 0.6) is 0 Å². The van der Waals surface area contributed by atoms with Gasteiger partial charge in [0.05, 0.1) is 17.1 Å². The molecular weight excluding hydrogens is 372 g/mol. The smallest absolute Gasteiger partial charge is 0.257 e. The fourth-order valence-corrected chi connectivity index (χ4v) is 3.49. The molecule has 4 N–H and O–H groups in total. The van der Waals surface area contributed by atoms with E-state index < -0.39 is 11.8 Å². The Morgan fingerprint density at radius 2 is 1.92 bits per heavy atom. The Bertz CT molecular complexity index is 670. The zero-order chi connectivity index (χ0) is 19.1. The molecule has 0 unspecified atom stereocenters. The molecule has 0 radical (unpaired) electrons. The SMILES string of the molecule is C[C@@H]1[C@H](C)CCC[C@@H]1NC(=S)NNC(=O)CNC(=O)c1ccccc1Cl. The summed E-state index contributed by atoms with van der Waals surface area (Å²) in [6.07, 6.45) is 3.47. The topological polar surface area (TPSA) is 82.3 Å². The summed E-state index contributed by atoms with van der Waals surface area (Å²) in [4.78, 5) is 23.9. The van der Waals surface area contributed by atoms with Crippen LogP contribution in [0.4, 0.5) is 0 Å². The summed E-state index contributed by atoms with van der Waals surface area (Å²) < 4.78 is 0. The van der Waals surface area contributed by atoms with Gasteiger partial charge in [-0.2, -0.15) is 0 Å². The number of hydrogen-bond acceptors (Lipinski definition) is 3. The van der Waals surface area contributed by atoms with Gasteiger partial charge in [0.2, 0.25) is 0 Å². The molecule has 0 bridgehead atoms. The lowest BCUT2D eigenvalue weighted by Gasteiger charge is -2.35. The van der Waals surface area contributed by atoms with Gasteiger partial charge in [0.25, 0.3) is 11.8 Å². The second-order valence-corrected chi connectivity index (χ2v) is 7.50. The maximum absolute atomic E-state index is 12.0. The molecule has 1 fully saturated rings. The first-order valence-corrected chi connectivity index (χ1v) is 9.55. The summed E-state index contributed by atoms with van der Waals surface area (Å²) in [6.45, 7) is 4.28. The van der Waals surface area contributed by atoms with E-state index >= 15 is 0 Å². The Balaban J connectivity index is 1.70. The van der Waals surface area contributed by atoms with E-state index in [1.54, 1.807) is 24.3 Å². The van der Waals surface area contributed by atoms with Crippen LogP contribution in [0.25, 0.3) is 0 Å². The number of carbonyl (C=O) groups excluding carboxylic acids is 2. The first kappa shape index (κ1) is 20.5. The number of benzene rings is 1. The van der Waals surface area contributed by atoms with Crippen LogP contribution in [0, 0.1) is 11.8 Å². The molecule has 1 aliphatic rings. The van der Waals surface area contributed by atoms with Gasteiger partial charge in [-0.3, -0.25) is 20.4 Å². The lowest BCUT2D eigenvalue weighted by molar-refractivity contribution is -0.120. The van der Waals surface area contributed by atoms with E-state index in [1.165, 1.54) is 12.8 Å². The molecule has 3 atom stereocenters. The van der Waals surface area contributed by atoms with Crippen molar-refractivity contribution in [2.45, 2.75) is 39.2 Å². The van der Waals surface area contributed by atoms with Crippen molar-refractivity contribution in [3.8, 4) is 0 Å². The number of thiocarbonyl (C=S) groups is 1. The van der Waals surface area contributed by atoms with Crippen LogP contribution in [0.15, 0.2) is 24.3 Å². The zero-order valence-electron chi connectivity index (χ0n) is 15.0. The van der Waals surface area contributed by atoms with E-state index in [0.717, 1.165) is 6.42 Å². The number of carbonyl (C=O) groups is 2. The first-order chi connectivity index (χ1) is 12.4. The molecule has 0 heterocycles. The molecule has 2 amide bonds. The Morgan fingerprint density at radius 3 is 2.65 bits per heavy atom. The molecule has 0 aliphatic heterocycles. The molecule has 0 aromatic heterocycles. The fourth-order valence-electron chi connectivity index (χ4n) is 3.06. The van der Waals surface area contributed by atoms with Crippen LogP contribution in [0.2, 0.25) is 5.02 Å². The van der Waals surface area contributed by atoms with Crippen molar-refractivity contribution in [2.75, 3.05) is 6.54 Å². The Hall–Kier alpha value is -1.86. The molecule has 0 saturated heterocycles. The lowest BCUT2D eigenvalue weighted by Crippen LogP contribution is -2.53. The van der Waals surface area contributed by atoms with Crippen molar-refractivity contribution in [1.82, 2.24) is 21.5 Å². The van der Waals surface area contributed by atoms with E-state index in [4.69, 9.17) is 23.8 Å². The van der Waals surface area contributed by atoms with E-state index in [9.17, 15) is 9.59 Å². The lowest BCUT2D eigenvalue weighted by atomic mass is 9.78. The summed E-state index contributed by atoms with van der Waals surface area (Å²) in [7, 11) is 0. The summed E-state index contributed by atoms with van der Waals surface area (Å²) >= 11 is 11.2. The number of hydrogen-bond donors (Lipinski definition) is 4. The molecule has 0 spiro atoms. The molecule has 2 rings (SSSR count). The third-order valence-electron chi connectivity index (χ3n) is 4.87. The van der Waals surface area contributed by atoms with Gasteiger partial charge in [0, 0.05) is 6.04 Å². The normalized spacial score (nSPS) is 22.2. The van der Waals surface area contributed by atoms with Gasteiger partial charge >= 0.3 is 0 Å². The number of halogens is 1. The molecule has 1 saturated carbocycles. The standard InChI is InChI=1S/C18H25ClN4O2S/c1-11-6-5-9-15(12(11)2)21-18(26)23-22-16(24)10-20-17(25)13-7-3-4-8-14(13)19/h3-4,7-8,11-12,15H,5-6,9-10H2,1-2H3,(H,20,25)(H,22,24)(H2,21,23,26)/t11-,12-,15+/m1/s1. The maximum atomic E-state index is 12.0. The van der Waals surface area contributed by atoms with E-state index in [0.29, 0.717) is 33.6 Å². The highest BCUT2D eigenvalue weighted by molar-refractivity contribution is 7.80. The largest absolute Gasteiger partial charge is 0.358 e. The Labute approximate surface area is 164 Å². The molecular formula is C18H25ClN4O2S. The van der Waals surface area contributed by atoms with Crippen LogP contribution in [-0.2, 0) is 4.79 Å². The molecule has 1 aromatic carbocycles. The number of nitrogens with one attached hydrogen (secondary N) is 4. The van der Waals surface area contributed by atoms with Crippen molar-refractivity contribution in [2.24, 2.45) is 11.8 Å². The summed E-state index contributed by atoms with van der Waals surface area (Å²) in [6, 6.07) is 6.96. The van der Waals surface area contributed by atoms with Crippen molar-refractivity contribution in [1.29, 1.82) is 0 Å². The van der Waals surface area contributed by atoms with Crippen LogP contribution in [-0.4, -0.2) is 29.5 Å². The minimum atomic E-state index is -0.406. The molecule has 8 heteroatoms. The molecule has 1 aliphatic carbocycles. The van der Waals surface area contributed by atoms with E-state index in [1.807, 2.05) is 0 Å². The average molecular weight is 397 g/mol. The summed E-state index contributed by atoms with van der Waals surface area (Å²) in [5, 5.41) is 6.49. The molecule has 6 nitrogen and oxygen atoms in total. The van der Waals surface area contributed by atoms with Gasteiger partial charge in [-0.1, -0.05) is 50.4 Å². The minimum absolute atomic E-state index is 0.184. The number of amides is 2. The highest BCUT2D eigenvalue weighted by atomic mass is 35.5. The monoisotopic (exact) mass is 396 g/mol. The highest BCUT2D eigenvalue weighted by Gasteiger charge is 2.27. The fraction of sp³-hybridized carbons (Fsp3) is 0.500. The predicted octanol–water partition coefficient (Wildman–Crippen LogP) is 2.39. The Kier molecular flexibility index (Phi) is 7.66. The second kappa shape index (κ2) is 9.73. The molecule has 142 valence electrons. The van der Waals surface area contributed by atoms with Gasteiger partial charge in [0.1, 0.15) is 0 Å². The average Bonchev–Trinajstić information content (AvgIpc) is 2.62. The third-order valence-corrected chi connectivity index (χ3v) is 5.42. The number of rotatable bonds is 4. The van der Waals surface area contributed by atoms with Crippen LogP contribution < -0.4 is 21.5 Å². The number of hydrazine groups is 1. The Morgan fingerprint density at radius 1 is 1.19 bits per heavy atom. The first-order valence-electron chi connectivity index (χ1n) is 8.76. The molecule has 1 aromatic rings. The van der Waals surface area contributed by atoms with E-state index in [-0.39, 0.29) is 6.54 Å². The highest BCUT2D eigenvalue weighted by Crippen LogP contribution is 2.29. The zero-order valence-corrected chi connectivity index (χ0v) is 16.5. The van der Waals surface area contributed by atoms with Crippen molar-refractivity contribution < 1.29 is 9.59 Å². The summed E-state index contributed by atoms with van der Waals surface area (Å²) in [5.41, 5.74) is 5.49. The van der Waals surface area contributed by atoms with Crippen molar-refractivity contribution in [3.63, 3.8) is 0 Å². The predicted molar refractivity (Wildman–Crippen MR) is 107 cm³/mol. The van der Waals surface area contributed by atoms with Crippen molar-refractivity contribution in [3.05, 3.63) is 34.9 Å². The van der Waals surface area contributed by atoms with Crippen molar-refractivity contribution >= 4 is 40.7 Å². The van der Waals surface area contributed by atoms with Gasteiger partial charge in [-0.15, -0.1) is 0 Å². The minimum Gasteiger partial charge on any atom is -0.358 e. The van der Waals surface area contributed by atoms with Gasteiger partial charge < -0.3 is 10.6 Å². The second-order valence-electron chi connectivity index (χ2n) is 6.68. The van der Waals surface area contributed by atoms with E-state index in [2.05, 4.69) is 35.3 Å². The van der Waals surface area contributed by atoms with Gasteiger partial charge in [0.15, 0.2) is 5.11 Å². The van der Waals surface area contributed by atoms with Gasteiger partial charge in [-0.05, 0) is 42.6 Å². The van der Waals surface area contributed by atoms with Crippen LogP contribution in [0.3, 0.4) is 0 Å². The maximum Gasteiger partial charge on any atom is 0.257 e. The third kappa shape index (κ3) is 5.85. The quantitative estimate of drug-likeness (QED) is 0.464. The molecule has 26 heavy (non-hydrogen) atoms. The van der Waals surface area contributed by atoms with Crippen LogP contribution >= 0.6 is 23.8 Å². The van der Waals surface area contributed by atoms with Crippen LogP contribution in [0.1, 0.15) is 43.5 Å². The summed E-state index contributed by atoms with van der Waals surface area (Å²) in [5.74, 6) is 0.365.